The molecule has 60 valence electrons. The maximum Gasteiger partial charge on any atom is 0.0162 e. The molecule has 0 radical (unpaired) electrons. The Morgan fingerprint density at radius 3 is 2.30 bits per heavy atom. The molecule has 0 aromatic carbocycles. The number of nitrogens with zero attached hydrogens (tertiary/aromatic N) is 1. The Labute approximate surface area is 64.7 Å². The van der Waals surface area contributed by atoms with Crippen LogP contribution in [0.1, 0.15) is 27.2 Å². The quantitative estimate of drug-likeness (QED) is 0.468. The molecule has 0 aliphatic carbocycles. The average molecular weight is 141 g/mol. The zero-order chi connectivity index (χ0) is 7.98. The third-order valence-corrected chi connectivity index (χ3v) is 1.64. The molecule has 0 saturated carbocycles. The van der Waals surface area contributed by atoms with Crippen LogP contribution < -0.4 is 0 Å². The third kappa shape index (κ3) is 3.67. The summed E-state index contributed by atoms with van der Waals surface area (Å²) in [7, 11) is 2.16. The zero-order valence-corrected chi connectivity index (χ0v) is 7.65. The molecule has 0 atom stereocenters. The summed E-state index contributed by atoms with van der Waals surface area (Å²) in [5.41, 5.74) is 1.54. The molecule has 0 spiro atoms. The fourth-order valence-corrected chi connectivity index (χ4v) is 0.872. The second kappa shape index (κ2) is 5.48. The molecule has 0 aromatic heterocycles. The highest BCUT2D eigenvalue weighted by Gasteiger charge is 2.01. The van der Waals surface area contributed by atoms with Gasteiger partial charge in [0.1, 0.15) is 0 Å². The number of hydrogen-bond acceptors (Lipinski definition) is 1. The minimum Gasteiger partial charge on any atom is -0.302 e. The molecule has 1 aliphatic heterocycles. The van der Waals surface area contributed by atoms with E-state index in [4.69, 9.17) is 0 Å². The molecule has 0 unspecified atom stereocenters. The fourth-order valence-electron chi connectivity index (χ4n) is 0.872. The lowest BCUT2D eigenvalue weighted by molar-refractivity contribution is 0.359. The summed E-state index contributed by atoms with van der Waals surface area (Å²) in [5, 5.41) is 0. The highest BCUT2D eigenvalue weighted by Crippen LogP contribution is 2.06. The van der Waals surface area contributed by atoms with Gasteiger partial charge in [0.05, 0.1) is 0 Å². The Bertz CT molecular complexity index is 105. The van der Waals surface area contributed by atoms with Crippen molar-refractivity contribution in [3.8, 4) is 0 Å². The summed E-state index contributed by atoms with van der Waals surface area (Å²) in [6, 6.07) is 0. The lowest BCUT2D eigenvalue weighted by Crippen LogP contribution is -2.23. The molecule has 1 aliphatic rings. The zero-order valence-electron chi connectivity index (χ0n) is 7.65. The first-order chi connectivity index (χ1) is 4.79. The summed E-state index contributed by atoms with van der Waals surface area (Å²) < 4.78 is 0. The van der Waals surface area contributed by atoms with Crippen molar-refractivity contribution in [1.29, 1.82) is 0 Å². The van der Waals surface area contributed by atoms with Gasteiger partial charge in [-0.15, -0.1) is 0 Å². The molecule has 0 saturated heterocycles. The molecule has 1 nitrogen and oxygen atoms in total. The molecule has 1 rings (SSSR count). The SMILES string of the molecule is CC.CC1=CCN(C)CC1. The topological polar surface area (TPSA) is 3.24 Å². The van der Waals surface area contributed by atoms with E-state index in [9.17, 15) is 0 Å². The van der Waals surface area contributed by atoms with Gasteiger partial charge in [-0.1, -0.05) is 25.5 Å². The lowest BCUT2D eigenvalue weighted by Gasteiger charge is -2.19. The van der Waals surface area contributed by atoms with E-state index in [1.54, 1.807) is 5.57 Å². The van der Waals surface area contributed by atoms with Gasteiger partial charge in [-0.3, -0.25) is 0 Å². The number of likely N-dealkylation sites (N-methyl/N-ethyl adjacent to an activating group) is 1. The molecular weight excluding hydrogens is 122 g/mol. The summed E-state index contributed by atoms with van der Waals surface area (Å²) in [4.78, 5) is 2.33. The average Bonchev–Trinajstić information content (AvgIpc) is 2.00. The minimum absolute atomic E-state index is 1.14. The standard InChI is InChI=1S/C7H13N.C2H6/c1-7-3-5-8(2)6-4-7;1-2/h3H,4-6H2,1-2H3;1-2H3. The van der Waals surface area contributed by atoms with Crippen LogP contribution >= 0.6 is 0 Å². The molecule has 0 aromatic rings. The Morgan fingerprint density at radius 2 is 2.00 bits per heavy atom. The van der Waals surface area contributed by atoms with Crippen molar-refractivity contribution in [3.05, 3.63) is 11.6 Å². The Hall–Kier alpha value is -0.300. The molecule has 1 heteroatoms. The second-order valence-electron chi connectivity index (χ2n) is 2.56. The molecule has 0 fully saturated rings. The molecule has 0 N–H and O–H groups in total. The van der Waals surface area contributed by atoms with Crippen LogP contribution in [0.2, 0.25) is 0 Å². The van der Waals surface area contributed by atoms with Crippen LogP contribution in [0, 0.1) is 0 Å². The van der Waals surface area contributed by atoms with Crippen molar-refractivity contribution < 1.29 is 0 Å². The van der Waals surface area contributed by atoms with E-state index >= 15 is 0 Å². The Balaban J connectivity index is 0.000000371. The van der Waals surface area contributed by atoms with E-state index in [1.807, 2.05) is 13.8 Å². The number of rotatable bonds is 0. The van der Waals surface area contributed by atoms with Gasteiger partial charge in [-0.2, -0.15) is 0 Å². The highest BCUT2D eigenvalue weighted by molar-refractivity contribution is 5.02. The van der Waals surface area contributed by atoms with Crippen molar-refractivity contribution in [1.82, 2.24) is 4.90 Å². The van der Waals surface area contributed by atoms with Gasteiger partial charge < -0.3 is 4.90 Å². The van der Waals surface area contributed by atoms with Crippen LogP contribution in [-0.4, -0.2) is 25.0 Å². The van der Waals surface area contributed by atoms with Gasteiger partial charge in [0.2, 0.25) is 0 Å². The van der Waals surface area contributed by atoms with Crippen LogP contribution in [0.25, 0.3) is 0 Å². The van der Waals surface area contributed by atoms with E-state index in [-0.39, 0.29) is 0 Å². The van der Waals surface area contributed by atoms with E-state index in [0.29, 0.717) is 0 Å². The van der Waals surface area contributed by atoms with Crippen LogP contribution in [0.15, 0.2) is 11.6 Å². The van der Waals surface area contributed by atoms with Gasteiger partial charge in [0.25, 0.3) is 0 Å². The van der Waals surface area contributed by atoms with Gasteiger partial charge in [0.15, 0.2) is 0 Å². The van der Waals surface area contributed by atoms with E-state index < -0.39 is 0 Å². The van der Waals surface area contributed by atoms with E-state index in [0.717, 1.165) is 6.54 Å². The van der Waals surface area contributed by atoms with Gasteiger partial charge >= 0.3 is 0 Å². The predicted molar refractivity (Wildman–Crippen MR) is 47.2 cm³/mol. The minimum atomic E-state index is 1.14. The van der Waals surface area contributed by atoms with Gasteiger partial charge in [-0.05, 0) is 20.4 Å². The number of hydrogen-bond donors (Lipinski definition) is 0. The first-order valence-electron chi connectivity index (χ1n) is 4.13. The molecular formula is C9H19N. The molecule has 0 amide bonds. The van der Waals surface area contributed by atoms with Gasteiger partial charge in [0, 0.05) is 13.1 Å². The Kier molecular flexibility index (Phi) is 5.32. The van der Waals surface area contributed by atoms with Crippen molar-refractivity contribution in [2.24, 2.45) is 0 Å². The van der Waals surface area contributed by atoms with Crippen molar-refractivity contribution in [3.63, 3.8) is 0 Å². The monoisotopic (exact) mass is 141 g/mol. The highest BCUT2D eigenvalue weighted by atomic mass is 15.1. The van der Waals surface area contributed by atoms with Crippen molar-refractivity contribution in [2.45, 2.75) is 27.2 Å². The van der Waals surface area contributed by atoms with Crippen molar-refractivity contribution >= 4 is 0 Å². The summed E-state index contributed by atoms with van der Waals surface area (Å²) in [6.45, 7) is 8.58. The summed E-state index contributed by atoms with van der Waals surface area (Å²) in [5.74, 6) is 0. The molecule has 1 heterocycles. The molecule has 0 bridgehead atoms. The normalized spacial score (nSPS) is 19.0. The smallest absolute Gasteiger partial charge is 0.0162 e. The van der Waals surface area contributed by atoms with Gasteiger partial charge in [-0.25, -0.2) is 0 Å². The molecule has 10 heavy (non-hydrogen) atoms. The fraction of sp³-hybridized carbons (Fsp3) is 0.778. The van der Waals surface area contributed by atoms with Crippen LogP contribution in [0.3, 0.4) is 0 Å². The maximum atomic E-state index is 2.33. The van der Waals surface area contributed by atoms with Crippen LogP contribution in [0.4, 0.5) is 0 Å². The Morgan fingerprint density at radius 1 is 1.40 bits per heavy atom. The largest absolute Gasteiger partial charge is 0.302 e. The second-order valence-corrected chi connectivity index (χ2v) is 2.56. The van der Waals surface area contributed by atoms with Crippen LogP contribution in [-0.2, 0) is 0 Å². The van der Waals surface area contributed by atoms with E-state index in [1.165, 1.54) is 13.0 Å². The summed E-state index contributed by atoms with van der Waals surface area (Å²) >= 11 is 0. The van der Waals surface area contributed by atoms with E-state index in [2.05, 4.69) is 24.9 Å². The lowest BCUT2D eigenvalue weighted by atomic mass is 10.1. The predicted octanol–water partition coefficient (Wildman–Crippen LogP) is 2.29. The maximum absolute atomic E-state index is 2.33. The van der Waals surface area contributed by atoms with Crippen molar-refractivity contribution in [2.75, 3.05) is 20.1 Å². The first-order valence-corrected chi connectivity index (χ1v) is 4.13. The van der Waals surface area contributed by atoms with Crippen LogP contribution in [0.5, 0.6) is 0 Å². The first kappa shape index (κ1) is 9.70. The third-order valence-electron chi connectivity index (χ3n) is 1.64. The summed E-state index contributed by atoms with van der Waals surface area (Å²) in [6.07, 6.45) is 3.56.